The predicted molar refractivity (Wildman–Crippen MR) is 92.1 cm³/mol. The van der Waals surface area contributed by atoms with Gasteiger partial charge in [-0.15, -0.1) is 0 Å². The fourth-order valence-corrected chi connectivity index (χ4v) is 3.27. The fourth-order valence-electron chi connectivity index (χ4n) is 3.27. The van der Waals surface area contributed by atoms with E-state index in [-0.39, 0.29) is 5.41 Å². The van der Waals surface area contributed by atoms with Crippen LogP contribution in [0.15, 0.2) is 42.7 Å². The molecular formula is C19H27N3O. The van der Waals surface area contributed by atoms with E-state index < -0.39 is 5.60 Å². The Labute approximate surface area is 138 Å². The molecule has 0 saturated carbocycles. The maximum Gasteiger partial charge on any atom is 0.123 e. The first-order valence-corrected chi connectivity index (χ1v) is 8.36. The molecule has 2 heterocycles. The Kier molecular flexibility index (Phi) is 4.30. The van der Waals surface area contributed by atoms with Gasteiger partial charge in [0, 0.05) is 37.4 Å². The summed E-state index contributed by atoms with van der Waals surface area (Å²) >= 11 is 0. The first-order valence-electron chi connectivity index (χ1n) is 8.36. The van der Waals surface area contributed by atoms with Crippen LogP contribution in [-0.2, 0) is 13.1 Å². The Morgan fingerprint density at radius 1 is 1.13 bits per heavy atom. The van der Waals surface area contributed by atoms with Gasteiger partial charge in [-0.25, -0.2) is 4.98 Å². The molecule has 1 aliphatic heterocycles. The van der Waals surface area contributed by atoms with Crippen molar-refractivity contribution in [3.05, 3.63) is 54.1 Å². The van der Waals surface area contributed by atoms with Crippen LogP contribution in [0.25, 0.3) is 0 Å². The minimum atomic E-state index is -0.594. The molecule has 0 radical (unpaired) electrons. The topological polar surface area (TPSA) is 41.3 Å². The summed E-state index contributed by atoms with van der Waals surface area (Å²) in [5.41, 5.74) is 0.582. The first kappa shape index (κ1) is 16.2. The standard InChI is InChI=1S/C19H27N3O/c1-18(2)15-21(11-9-19(18,3)23)14-17-20-10-12-22(17)13-16-7-5-4-6-8-16/h4-8,10,12,23H,9,11,13-15H2,1-3H3/t19-/m0/s1. The zero-order chi connectivity index (χ0) is 16.5. The number of imidazole rings is 1. The molecule has 1 atom stereocenters. The van der Waals surface area contributed by atoms with Gasteiger partial charge in [-0.2, -0.15) is 0 Å². The van der Waals surface area contributed by atoms with Crippen molar-refractivity contribution >= 4 is 0 Å². The van der Waals surface area contributed by atoms with Gasteiger partial charge in [-0.3, -0.25) is 4.90 Å². The number of piperidine rings is 1. The average Bonchev–Trinajstić information content (AvgIpc) is 2.91. The molecule has 1 fully saturated rings. The Balaban J connectivity index is 1.69. The summed E-state index contributed by atoms with van der Waals surface area (Å²) in [6.07, 6.45) is 4.73. The normalized spacial score (nSPS) is 24.7. The second-order valence-corrected chi connectivity index (χ2v) is 7.58. The minimum Gasteiger partial charge on any atom is -0.390 e. The SMILES string of the molecule is CC1(C)CN(Cc2nccn2Cc2ccccc2)CC[C@]1(C)O. The number of benzene rings is 1. The summed E-state index contributed by atoms with van der Waals surface area (Å²) in [7, 11) is 0. The molecule has 0 aliphatic carbocycles. The van der Waals surface area contributed by atoms with Crippen molar-refractivity contribution in [3.8, 4) is 0 Å². The summed E-state index contributed by atoms with van der Waals surface area (Å²) < 4.78 is 2.22. The minimum absolute atomic E-state index is 0.109. The van der Waals surface area contributed by atoms with Gasteiger partial charge >= 0.3 is 0 Å². The molecule has 1 aliphatic rings. The smallest absolute Gasteiger partial charge is 0.123 e. The van der Waals surface area contributed by atoms with Crippen LogP contribution < -0.4 is 0 Å². The number of likely N-dealkylation sites (tertiary alicyclic amines) is 1. The van der Waals surface area contributed by atoms with Crippen molar-refractivity contribution in [2.24, 2.45) is 5.41 Å². The van der Waals surface area contributed by atoms with E-state index in [0.717, 1.165) is 38.4 Å². The van der Waals surface area contributed by atoms with Crippen molar-refractivity contribution in [1.29, 1.82) is 0 Å². The van der Waals surface area contributed by atoms with Crippen molar-refractivity contribution in [2.75, 3.05) is 13.1 Å². The molecule has 4 heteroatoms. The Morgan fingerprint density at radius 2 is 1.87 bits per heavy atom. The molecule has 3 rings (SSSR count). The van der Waals surface area contributed by atoms with Crippen LogP contribution in [0.1, 0.15) is 38.6 Å². The van der Waals surface area contributed by atoms with Gasteiger partial charge in [0.15, 0.2) is 0 Å². The monoisotopic (exact) mass is 313 g/mol. The Bertz CT molecular complexity index is 646. The van der Waals surface area contributed by atoms with Crippen LogP contribution in [0.5, 0.6) is 0 Å². The molecule has 4 nitrogen and oxygen atoms in total. The van der Waals surface area contributed by atoms with E-state index in [9.17, 15) is 5.11 Å². The number of rotatable bonds is 4. The summed E-state index contributed by atoms with van der Waals surface area (Å²) in [5, 5.41) is 10.5. The third kappa shape index (κ3) is 3.48. The maximum absolute atomic E-state index is 10.5. The van der Waals surface area contributed by atoms with E-state index in [1.165, 1.54) is 5.56 Å². The van der Waals surface area contributed by atoms with Gasteiger partial charge in [0.25, 0.3) is 0 Å². The number of aromatic nitrogens is 2. The number of hydrogen-bond acceptors (Lipinski definition) is 3. The Morgan fingerprint density at radius 3 is 2.57 bits per heavy atom. The summed E-state index contributed by atoms with van der Waals surface area (Å²) in [6, 6.07) is 10.5. The molecule has 0 amide bonds. The van der Waals surface area contributed by atoms with Gasteiger partial charge in [0.1, 0.15) is 5.82 Å². The lowest BCUT2D eigenvalue weighted by atomic mass is 9.71. The highest BCUT2D eigenvalue weighted by Crippen LogP contribution is 2.38. The van der Waals surface area contributed by atoms with Crippen LogP contribution in [0.4, 0.5) is 0 Å². The molecule has 0 spiro atoms. The molecule has 1 saturated heterocycles. The van der Waals surface area contributed by atoms with E-state index in [4.69, 9.17) is 0 Å². The average molecular weight is 313 g/mol. The summed E-state index contributed by atoms with van der Waals surface area (Å²) in [6.45, 7) is 9.74. The molecule has 1 aromatic carbocycles. The fraction of sp³-hybridized carbons (Fsp3) is 0.526. The van der Waals surface area contributed by atoms with Gasteiger partial charge in [0.05, 0.1) is 12.1 Å². The number of hydrogen-bond donors (Lipinski definition) is 1. The highest BCUT2D eigenvalue weighted by molar-refractivity contribution is 5.16. The van der Waals surface area contributed by atoms with Crippen LogP contribution in [0.3, 0.4) is 0 Å². The van der Waals surface area contributed by atoms with E-state index in [0.29, 0.717) is 0 Å². The van der Waals surface area contributed by atoms with E-state index in [2.05, 4.69) is 52.6 Å². The maximum atomic E-state index is 10.5. The lowest BCUT2D eigenvalue weighted by molar-refractivity contribution is -0.107. The highest BCUT2D eigenvalue weighted by Gasteiger charge is 2.43. The number of aliphatic hydroxyl groups is 1. The third-order valence-corrected chi connectivity index (χ3v) is 5.35. The first-order chi connectivity index (χ1) is 10.9. The van der Waals surface area contributed by atoms with E-state index in [1.54, 1.807) is 0 Å². The molecule has 2 aromatic rings. The third-order valence-electron chi connectivity index (χ3n) is 5.35. The van der Waals surface area contributed by atoms with Crippen molar-refractivity contribution in [1.82, 2.24) is 14.5 Å². The molecule has 23 heavy (non-hydrogen) atoms. The molecule has 1 aromatic heterocycles. The molecule has 0 bridgehead atoms. The van der Waals surface area contributed by atoms with E-state index >= 15 is 0 Å². The van der Waals surface area contributed by atoms with Gasteiger partial charge in [-0.1, -0.05) is 44.2 Å². The quantitative estimate of drug-likeness (QED) is 0.943. The largest absolute Gasteiger partial charge is 0.390 e. The van der Waals surface area contributed by atoms with E-state index in [1.807, 2.05) is 25.4 Å². The van der Waals surface area contributed by atoms with Crippen molar-refractivity contribution in [3.63, 3.8) is 0 Å². The summed E-state index contributed by atoms with van der Waals surface area (Å²) in [4.78, 5) is 6.95. The second-order valence-electron chi connectivity index (χ2n) is 7.58. The predicted octanol–water partition coefficient (Wildman–Crippen LogP) is 2.91. The highest BCUT2D eigenvalue weighted by atomic mass is 16.3. The number of nitrogens with zero attached hydrogens (tertiary/aromatic N) is 3. The van der Waals surface area contributed by atoms with Crippen molar-refractivity contribution in [2.45, 2.75) is 45.9 Å². The van der Waals surface area contributed by atoms with Crippen LogP contribution in [0.2, 0.25) is 0 Å². The van der Waals surface area contributed by atoms with Crippen LogP contribution in [0, 0.1) is 5.41 Å². The summed E-state index contributed by atoms with van der Waals surface area (Å²) in [5.74, 6) is 1.09. The molecule has 124 valence electrons. The Hall–Kier alpha value is -1.65. The molecule has 0 unspecified atom stereocenters. The van der Waals surface area contributed by atoms with Crippen LogP contribution >= 0.6 is 0 Å². The van der Waals surface area contributed by atoms with Gasteiger partial charge in [0.2, 0.25) is 0 Å². The molecule has 1 N–H and O–H groups in total. The van der Waals surface area contributed by atoms with Gasteiger partial charge in [-0.05, 0) is 18.9 Å². The zero-order valence-electron chi connectivity index (χ0n) is 14.4. The second kappa shape index (κ2) is 6.10. The molecular weight excluding hydrogens is 286 g/mol. The lowest BCUT2D eigenvalue weighted by Crippen LogP contribution is -2.55. The zero-order valence-corrected chi connectivity index (χ0v) is 14.4. The van der Waals surface area contributed by atoms with Gasteiger partial charge < -0.3 is 9.67 Å². The van der Waals surface area contributed by atoms with Crippen molar-refractivity contribution < 1.29 is 5.11 Å². The lowest BCUT2D eigenvalue weighted by Gasteiger charge is -2.48. The van der Waals surface area contributed by atoms with Crippen LogP contribution in [-0.4, -0.2) is 38.2 Å².